The predicted molar refractivity (Wildman–Crippen MR) is 101 cm³/mol. The lowest BCUT2D eigenvalue weighted by Crippen LogP contribution is -2.47. The van der Waals surface area contributed by atoms with Crippen LogP contribution in [0.15, 0.2) is 36.4 Å². The molecule has 1 aliphatic heterocycles. The fourth-order valence-corrected chi connectivity index (χ4v) is 2.72. The number of carbonyl (C=O) groups excluding carboxylic acids is 1. The molecule has 1 amide bonds. The normalized spacial score (nSPS) is 15.2. The molecule has 1 aliphatic rings. The highest BCUT2D eigenvalue weighted by atomic mass is 16.5. The number of hydrogen-bond donors (Lipinski definition) is 1. The molecule has 0 radical (unpaired) electrons. The van der Waals surface area contributed by atoms with Gasteiger partial charge in [-0.1, -0.05) is 0 Å². The second-order valence-corrected chi connectivity index (χ2v) is 6.72. The van der Waals surface area contributed by atoms with Crippen molar-refractivity contribution in [1.82, 2.24) is 20.0 Å². The van der Waals surface area contributed by atoms with E-state index < -0.39 is 0 Å². The minimum absolute atomic E-state index is 0.0627. The maximum absolute atomic E-state index is 12.5. The van der Waals surface area contributed by atoms with Crippen molar-refractivity contribution in [2.75, 3.05) is 38.5 Å². The van der Waals surface area contributed by atoms with Gasteiger partial charge in [-0.25, -0.2) is 0 Å². The molecule has 138 valence electrons. The van der Waals surface area contributed by atoms with Gasteiger partial charge in [-0.15, -0.1) is 10.2 Å². The van der Waals surface area contributed by atoms with E-state index in [9.17, 15) is 4.79 Å². The molecular weight excluding hydrogens is 330 g/mol. The van der Waals surface area contributed by atoms with Gasteiger partial charge >= 0.3 is 0 Å². The summed E-state index contributed by atoms with van der Waals surface area (Å²) in [6.07, 6.45) is 0.144. The molecular formula is C19H25N5O2. The second-order valence-electron chi connectivity index (χ2n) is 6.72. The largest absolute Gasteiger partial charge is 0.491 e. The summed E-state index contributed by atoms with van der Waals surface area (Å²) in [5.74, 6) is 1.36. The molecule has 0 unspecified atom stereocenters. The molecule has 26 heavy (non-hydrogen) atoms. The van der Waals surface area contributed by atoms with Crippen molar-refractivity contribution in [1.29, 1.82) is 0 Å². The van der Waals surface area contributed by atoms with E-state index >= 15 is 0 Å². The molecule has 0 bridgehead atoms. The van der Waals surface area contributed by atoms with Crippen molar-refractivity contribution in [3.05, 3.63) is 42.1 Å². The summed E-state index contributed by atoms with van der Waals surface area (Å²) >= 11 is 0. The summed E-state index contributed by atoms with van der Waals surface area (Å²) in [6.45, 7) is 7.20. The van der Waals surface area contributed by atoms with Crippen molar-refractivity contribution in [3.8, 4) is 5.75 Å². The molecule has 7 nitrogen and oxygen atoms in total. The van der Waals surface area contributed by atoms with Crippen molar-refractivity contribution in [2.45, 2.75) is 20.0 Å². The minimum atomic E-state index is -0.0627. The predicted octanol–water partition coefficient (Wildman–Crippen LogP) is 2.40. The number of benzene rings is 1. The van der Waals surface area contributed by atoms with Crippen molar-refractivity contribution < 1.29 is 9.53 Å². The fourth-order valence-electron chi connectivity index (χ4n) is 2.72. The van der Waals surface area contributed by atoms with Gasteiger partial charge in [0.2, 0.25) is 0 Å². The zero-order chi connectivity index (χ0) is 18.5. The van der Waals surface area contributed by atoms with Gasteiger partial charge in [0, 0.05) is 31.9 Å². The number of piperazine rings is 1. The van der Waals surface area contributed by atoms with Crippen molar-refractivity contribution >= 4 is 17.4 Å². The molecule has 1 N–H and O–H groups in total. The van der Waals surface area contributed by atoms with Gasteiger partial charge in [-0.05, 0) is 57.3 Å². The van der Waals surface area contributed by atoms with Crippen LogP contribution < -0.4 is 10.1 Å². The molecule has 0 spiro atoms. The molecule has 3 rings (SSSR count). The molecule has 2 heterocycles. The first kappa shape index (κ1) is 18.1. The molecule has 1 aromatic carbocycles. The first-order valence-corrected chi connectivity index (χ1v) is 8.86. The van der Waals surface area contributed by atoms with Crippen LogP contribution in [0.5, 0.6) is 5.75 Å². The maximum Gasteiger partial charge on any atom is 0.274 e. The number of hydrogen-bond acceptors (Lipinski definition) is 6. The number of nitrogens with one attached hydrogen (secondary N) is 1. The molecule has 1 saturated heterocycles. The topological polar surface area (TPSA) is 70.6 Å². The van der Waals surface area contributed by atoms with Crippen LogP contribution in [0.1, 0.15) is 24.3 Å². The van der Waals surface area contributed by atoms with E-state index in [1.165, 1.54) is 0 Å². The molecule has 0 aliphatic carbocycles. The molecule has 0 atom stereocenters. The van der Waals surface area contributed by atoms with Gasteiger partial charge < -0.3 is 19.9 Å². The summed E-state index contributed by atoms with van der Waals surface area (Å²) in [5.41, 5.74) is 1.26. The number of rotatable bonds is 5. The Bertz CT molecular complexity index is 723. The maximum atomic E-state index is 12.5. The third-order valence-electron chi connectivity index (χ3n) is 4.17. The Morgan fingerprint density at radius 1 is 1.04 bits per heavy atom. The van der Waals surface area contributed by atoms with Crippen LogP contribution in [-0.4, -0.2) is 65.2 Å². The van der Waals surface area contributed by atoms with Crippen LogP contribution in [0.2, 0.25) is 0 Å². The van der Waals surface area contributed by atoms with Crippen LogP contribution in [0.25, 0.3) is 0 Å². The minimum Gasteiger partial charge on any atom is -0.491 e. The van der Waals surface area contributed by atoms with Crippen LogP contribution in [0.4, 0.5) is 11.5 Å². The highest BCUT2D eigenvalue weighted by Crippen LogP contribution is 2.19. The van der Waals surface area contributed by atoms with E-state index in [2.05, 4.69) is 27.5 Å². The van der Waals surface area contributed by atoms with Crippen LogP contribution in [-0.2, 0) is 0 Å². The van der Waals surface area contributed by atoms with Gasteiger partial charge in [0.15, 0.2) is 11.5 Å². The lowest BCUT2D eigenvalue weighted by molar-refractivity contribution is 0.0657. The van der Waals surface area contributed by atoms with E-state index in [-0.39, 0.29) is 12.0 Å². The number of carbonyl (C=O) groups is 1. The summed E-state index contributed by atoms with van der Waals surface area (Å²) in [5, 5.41) is 11.4. The standard InChI is InChI=1S/C19H25N5O2/c1-14(2)26-16-6-4-15(5-7-16)20-18-9-8-17(21-22-18)19(25)24-12-10-23(3)11-13-24/h4-9,14H,10-13H2,1-3H3,(H,20,22). The summed E-state index contributed by atoms with van der Waals surface area (Å²) < 4.78 is 5.62. The van der Waals surface area contributed by atoms with E-state index in [4.69, 9.17) is 4.74 Å². The third kappa shape index (κ3) is 4.70. The SMILES string of the molecule is CC(C)Oc1ccc(Nc2ccc(C(=O)N3CCN(C)CC3)nn2)cc1. The van der Waals surface area contributed by atoms with Gasteiger partial charge in [0.25, 0.3) is 5.91 Å². The monoisotopic (exact) mass is 355 g/mol. The Morgan fingerprint density at radius 3 is 2.31 bits per heavy atom. The van der Waals surface area contributed by atoms with Crippen molar-refractivity contribution in [3.63, 3.8) is 0 Å². The lowest BCUT2D eigenvalue weighted by Gasteiger charge is -2.32. The zero-order valence-electron chi connectivity index (χ0n) is 15.5. The zero-order valence-corrected chi connectivity index (χ0v) is 15.5. The molecule has 7 heteroatoms. The second kappa shape index (κ2) is 8.14. The van der Waals surface area contributed by atoms with E-state index in [0.29, 0.717) is 11.5 Å². The third-order valence-corrected chi connectivity index (χ3v) is 4.17. The fraction of sp³-hybridized carbons (Fsp3) is 0.421. The van der Waals surface area contributed by atoms with Crippen molar-refractivity contribution in [2.24, 2.45) is 0 Å². The number of amides is 1. The van der Waals surface area contributed by atoms with Gasteiger partial charge in [-0.3, -0.25) is 4.79 Å². The highest BCUT2D eigenvalue weighted by Gasteiger charge is 2.21. The van der Waals surface area contributed by atoms with Crippen LogP contribution >= 0.6 is 0 Å². The Hall–Kier alpha value is -2.67. The van der Waals surface area contributed by atoms with Gasteiger partial charge in [0.1, 0.15) is 5.75 Å². The smallest absolute Gasteiger partial charge is 0.274 e. The molecule has 1 aromatic heterocycles. The Labute approximate surface area is 154 Å². The number of likely N-dealkylation sites (N-methyl/N-ethyl adjacent to an activating group) is 1. The molecule has 2 aromatic rings. The van der Waals surface area contributed by atoms with E-state index in [0.717, 1.165) is 37.6 Å². The molecule has 0 saturated carbocycles. The molecule has 1 fully saturated rings. The van der Waals surface area contributed by atoms with Crippen LogP contribution in [0.3, 0.4) is 0 Å². The Morgan fingerprint density at radius 2 is 1.73 bits per heavy atom. The lowest BCUT2D eigenvalue weighted by atomic mass is 10.2. The summed E-state index contributed by atoms with van der Waals surface area (Å²) in [6, 6.07) is 11.1. The van der Waals surface area contributed by atoms with E-state index in [1.54, 1.807) is 12.1 Å². The average molecular weight is 355 g/mol. The number of aromatic nitrogens is 2. The Kier molecular flexibility index (Phi) is 5.68. The average Bonchev–Trinajstić information content (AvgIpc) is 2.64. The van der Waals surface area contributed by atoms with Gasteiger partial charge in [-0.2, -0.15) is 0 Å². The highest BCUT2D eigenvalue weighted by molar-refractivity contribution is 5.92. The van der Waals surface area contributed by atoms with Crippen LogP contribution in [0, 0.1) is 0 Å². The first-order chi connectivity index (χ1) is 12.5. The summed E-state index contributed by atoms with van der Waals surface area (Å²) in [7, 11) is 2.06. The Balaban J connectivity index is 1.59. The summed E-state index contributed by atoms with van der Waals surface area (Å²) in [4.78, 5) is 16.5. The number of anilines is 2. The number of ether oxygens (including phenoxy) is 1. The quantitative estimate of drug-likeness (QED) is 0.888. The van der Waals surface area contributed by atoms with Gasteiger partial charge in [0.05, 0.1) is 6.10 Å². The number of nitrogens with zero attached hydrogens (tertiary/aromatic N) is 4. The first-order valence-electron chi connectivity index (χ1n) is 8.86. The van der Waals surface area contributed by atoms with E-state index in [1.807, 2.05) is 43.0 Å².